The van der Waals surface area contributed by atoms with Gasteiger partial charge in [-0.25, -0.2) is 4.79 Å². The number of esters is 5. The molecule has 2 fully saturated rings. The van der Waals surface area contributed by atoms with Gasteiger partial charge in [-0.3, -0.25) is 33.6 Å². The Morgan fingerprint density at radius 3 is 1.45 bits per heavy atom. The largest absolute Gasteiger partial charge is 0.479 e. The molecule has 2 heterocycles. The van der Waals surface area contributed by atoms with Crippen LogP contribution in [-0.2, 0) is 81.0 Å². The number of nitrogens with one attached hydrogen (secondary N) is 2. The van der Waals surface area contributed by atoms with Gasteiger partial charge in [0, 0.05) is 48.5 Å². The molecule has 0 bridgehead atoms. The minimum Gasteiger partial charge on any atom is -0.479 e. The van der Waals surface area contributed by atoms with Crippen LogP contribution in [0.4, 0.5) is 0 Å². The Morgan fingerprint density at radius 2 is 1.02 bits per heavy atom. The second kappa shape index (κ2) is 18.4. The van der Waals surface area contributed by atoms with Crippen LogP contribution in [0.1, 0.15) is 55.4 Å². The predicted molar refractivity (Wildman–Crippen MR) is 156 cm³/mol. The van der Waals surface area contributed by atoms with Gasteiger partial charge in [-0.2, -0.15) is 0 Å². The van der Waals surface area contributed by atoms with Crippen LogP contribution in [0, 0.1) is 0 Å². The molecule has 20 heteroatoms. The topological polar surface area (TPSA) is 264 Å². The van der Waals surface area contributed by atoms with E-state index in [1.165, 1.54) is 0 Å². The summed E-state index contributed by atoms with van der Waals surface area (Å²) < 4.78 is 50.5. The molecule has 2 aliphatic heterocycles. The van der Waals surface area contributed by atoms with Gasteiger partial charge in [0.05, 0.1) is 0 Å². The van der Waals surface area contributed by atoms with E-state index in [0.29, 0.717) is 0 Å². The lowest BCUT2D eigenvalue weighted by Crippen LogP contribution is -2.70. The molecule has 2 amide bonds. The number of carboxylic acid groups (broad SMARTS) is 1. The molecule has 20 nitrogen and oxygen atoms in total. The maximum atomic E-state index is 12.4. The van der Waals surface area contributed by atoms with Gasteiger partial charge in [-0.05, 0) is 6.92 Å². The number of rotatable bonds is 14. The minimum absolute atomic E-state index is 0.575. The molecule has 49 heavy (non-hydrogen) atoms. The molecule has 2 rings (SSSR count). The Balaban J connectivity index is 2.78. The van der Waals surface area contributed by atoms with Gasteiger partial charge in [0.1, 0.15) is 49.7 Å². The van der Waals surface area contributed by atoms with Crippen molar-refractivity contribution in [3.63, 3.8) is 0 Å². The monoisotopic (exact) mass is 706 g/mol. The van der Waals surface area contributed by atoms with Crippen LogP contribution in [0.2, 0.25) is 0 Å². The molecule has 0 saturated carbocycles. The molecule has 3 N–H and O–H groups in total. The van der Waals surface area contributed by atoms with Gasteiger partial charge in [0.15, 0.2) is 24.6 Å². The van der Waals surface area contributed by atoms with Crippen molar-refractivity contribution in [3.8, 4) is 0 Å². The smallest absolute Gasteiger partial charge is 0.332 e. The fourth-order valence-electron chi connectivity index (χ4n) is 5.07. The first kappa shape index (κ1) is 40.8. The van der Waals surface area contributed by atoms with Gasteiger partial charge in [0.25, 0.3) is 0 Å². The first-order chi connectivity index (χ1) is 22.8. The number of carbonyl (C=O) groups excluding carboxylic acids is 7. The molecule has 0 aromatic carbocycles. The summed E-state index contributed by atoms with van der Waals surface area (Å²) >= 11 is 0. The first-order valence-corrected chi connectivity index (χ1v) is 15.0. The number of aliphatic carboxylic acids is 1. The van der Waals surface area contributed by atoms with Gasteiger partial charge >= 0.3 is 35.8 Å². The Labute approximate surface area is 280 Å². The van der Waals surface area contributed by atoms with E-state index in [1.807, 2.05) is 0 Å². The number of hydrogen-bond donors (Lipinski definition) is 3. The Morgan fingerprint density at radius 1 is 0.592 bits per heavy atom. The minimum atomic E-state index is -1.73. The fourth-order valence-corrected chi connectivity index (χ4v) is 5.07. The number of carboxylic acids is 1. The number of carbonyl (C=O) groups is 8. The van der Waals surface area contributed by atoms with Gasteiger partial charge in [0.2, 0.25) is 18.1 Å². The molecule has 0 radical (unpaired) electrons. The molecule has 0 aromatic rings. The van der Waals surface area contributed by atoms with Crippen molar-refractivity contribution in [2.75, 3.05) is 13.2 Å². The first-order valence-electron chi connectivity index (χ1n) is 15.0. The third-order valence-electron chi connectivity index (χ3n) is 6.82. The highest BCUT2D eigenvalue weighted by Crippen LogP contribution is 2.34. The van der Waals surface area contributed by atoms with Crippen LogP contribution >= 0.6 is 0 Å². The van der Waals surface area contributed by atoms with Crippen LogP contribution in [-0.4, -0.2) is 133 Å². The molecule has 11 atom stereocenters. The summed E-state index contributed by atoms with van der Waals surface area (Å²) in [5, 5.41) is 14.7. The summed E-state index contributed by atoms with van der Waals surface area (Å²) in [4.78, 5) is 96.7. The van der Waals surface area contributed by atoms with Crippen LogP contribution in [0.5, 0.6) is 0 Å². The third-order valence-corrected chi connectivity index (χ3v) is 6.82. The van der Waals surface area contributed by atoms with Crippen molar-refractivity contribution in [1.29, 1.82) is 0 Å². The van der Waals surface area contributed by atoms with E-state index >= 15 is 0 Å². The molecule has 11 unspecified atom stereocenters. The molecule has 2 aliphatic rings. The number of ether oxygens (including phenoxy) is 9. The molecule has 0 aromatic heterocycles. The highest BCUT2D eigenvalue weighted by Gasteiger charge is 2.56. The Hall–Kier alpha value is -4.40. The summed E-state index contributed by atoms with van der Waals surface area (Å²) in [5.74, 6) is -6.98. The Bertz CT molecular complexity index is 1260. The summed E-state index contributed by atoms with van der Waals surface area (Å²) in [7, 11) is 0. The lowest BCUT2D eigenvalue weighted by Gasteiger charge is -2.49. The summed E-state index contributed by atoms with van der Waals surface area (Å²) in [5.41, 5.74) is 0. The molecule has 0 aliphatic carbocycles. The van der Waals surface area contributed by atoms with E-state index < -0.39 is 128 Å². The third kappa shape index (κ3) is 12.5. The lowest BCUT2D eigenvalue weighted by molar-refractivity contribution is -0.335. The quantitative estimate of drug-likeness (QED) is 0.133. The number of amides is 2. The zero-order valence-corrected chi connectivity index (χ0v) is 28.2. The van der Waals surface area contributed by atoms with E-state index in [1.54, 1.807) is 0 Å². The number of hydrogen-bond acceptors (Lipinski definition) is 17. The second-order valence-corrected chi connectivity index (χ2v) is 11.1. The average Bonchev–Trinajstić information content (AvgIpc) is 2.95. The zero-order chi connectivity index (χ0) is 37.2. The zero-order valence-electron chi connectivity index (χ0n) is 28.2. The van der Waals surface area contributed by atoms with E-state index in [9.17, 15) is 43.5 Å². The maximum absolute atomic E-state index is 12.4. The molecule has 0 spiro atoms. The van der Waals surface area contributed by atoms with Crippen molar-refractivity contribution < 1.29 is 86.1 Å². The molecule has 276 valence electrons. The standard InChI is InChI=1S/C29H42N2O18/c1-11(27(39)40)43-25-21(30-12(2)32)28(46-18(8)38)47-20(10-42-15(5)35)24(25)49-29-22(31-13(3)33)26(45-17(7)37)23(44-16(6)36)19(48-29)9-41-14(4)34/h11,19-26,28-29H,9-10H2,1-8H3,(H,30,32)(H,31,33)(H,39,40). The summed E-state index contributed by atoms with van der Waals surface area (Å²) in [6.07, 6.45) is -14.0. The van der Waals surface area contributed by atoms with Crippen molar-refractivity contribution in [2.24, 2.45) is 0 Å². The lowest BCUT2D eigenvalue weighted by atomic mass is 9.93. The molecular weight excluding hydrogens is 664 g/mol. The Kier molecular flexibility index (Phi) is 15.3. The van der Waals surface area contributed by atoms with E-state index in [0.717, 1.165) is 55.4 Å². The average molecular weight is 707 g/mol. The van der Waals surface area contributed by atoms with Crippen molar-refractivity contribution >= 4 is 47.6 Å². The SMILES string of the molecule is CC(=O)NC1C(OC2C(COC(C)=O)OC(OC(C)=O)C(NC(C)=O)C2OC(C)C(=O)O)OC(COC(C)=O)C(OC(C)=O)C1OC(C)=O. The van der Waals surface area contributed by atoms with E-state index in [4.69, 9.17) is 42.6 Å². The van der Waals surface area contributed by atoms with Crippen molar-refractivity contribution in [1.82, 2.24) is 10.6 Å². The highest BCUT2D eigenvalue weighted by molar-refractivity contribution is 5.74. The molecule has 2 saturated heterocycles. The van der Waals surface area contributed by atoms with Crippen LogP contribution in [0.25, 0.3) is 0 Å². The maximum Gasteiger partial charge on any atom is 0.332 e. The summed E-state index contributed by atoms with van der Waals surface area (Å²) in [6.45, 7) is 7.50. The normalized spacial score (nSPS) is 30.0. The van der Waals surface area contributed by atoms with Crippen LogP contribution in [0.3, 0.4) is 0 Å². The van der Waals surface area contributed by atoms with Gasteiger partial charge < -0.3 is 58.4 Å². The highest BCUT2D eigenvalue weighted by atomic mass is 16.8. The molecular formula is C29H42N2O18. The van der Waals surface area contributed by atoms with Crippen molar-refractivity contribution in [2.45, 2.75) is 123 Å². The van der Waals surface area contributed by atoms with Crippen molar-refractivity contribution in [3.05, 3.63) is 0 Å². The predicted octanol–water partition coefficient (Wildman–Crippen LogP) is -1.76. The van der Waals surface area contributed by atoms with E-state index in [2.05, 4.69) is 10.6 Å². The van der Waals surface area contributed by atoms with Crippen LogP contribution in [0.15, 0.2) is 0 Å². The second-order valence-electron chi connectivity index (χ2n) is 11.1. The van der Waals surface area contributed by atoms with Gasteiger partial charge in [-0.1, -0.05) is 0 Å². The van der Waals surface area contributed by atoms with E-state index in [-0.39, 0.29) is 0 Å². The fraction of sp³-hybridized carbons (Fsp3) is 0.724. The summed E-state index contributed by atoms with van der Waals surface area (Å²) in [6, 6.07) is -2.95. The van der Waals surface area contributed by atoms with Crippen LogP contribution < -0.4 is 10.6 Å². The van der Waals surface area contributed by atoms with Gasteiger partial charge in [-0.15, -0.1) is 0 Å².